The average molecular weight is 282 g/mol. The van der Waals surface area contributed by atoms with Crippen LogP contribution < -0.4 is 0 Å². The van der Waals surface area contributed by atoms with E-state index in [2.05, 4.69) is 60.7 Å². The minimum atomic E-state index is 0.137. The van der Waals surface area contributed by atoms with Crippen molar-refractivity contribution in [3.05, 3.63) is 58.9 Å². The number of aromatic nitrogens is 2. The quantitative estimate of drug-likeness (QED) is 0.624. The van der Waals surface area contributed by atoms with Crippen LogP contribution in [0.15, 0.2) is 48.5 Å². The van der Waals surface area contributed by atoms with Gasteiger partial charge in [-0.2, -0.15) is 0 Å². The molecule has 0 amide bonds. The Bertz CT molecular complexity index is 804. The zero-order chi connectivity index (χ0) is 14.3. The number of rotatable bonds is 1. The number of nitrogens with one attached hydrogen (secondary N) is 1. The number of H-pyrrole nitrogens is 1. The third-order valence-corrected chi connectivity index (χ3v) is 3.85. The van der Waals surface area contributed by atoms with Gasteiger partial charge in [0.25, 0.3) is 0 Å². The Balaban J connectivity index is 2.26. The van der Waals surface area contributed by atoms with Crippen molar-refractivity contribution in [1.82, 2.24) is 9.55 Å². The van der Waals surface area contributed by atoms with Crippen molar-refractivity contribution < 1.29 is 0 Å². The molecular weight excluding hydrogens is 264 g/mol. The normalized spacial score (nSPS) is 11.9. The number of para-hydroxylation sites is 1. The number of hydrogen-bond donors (Lipinski definition) is 1. The number of fused-ring (bicyclic) bond motifs is 1. The van der Waals surface area contributed by atoms with Crippen molar-refractivity contribution >= 4 is 23.3 Å². The number of aromatic amines is 1. The molecule has 0 aliphatic carbocycles. The highest BCUT2D eigenvalue weighted by atomic mass is 32.1. The van der Waals surface area contributed by atoms with Crippen molar-refractivity contribution in [2.24, 2.45) is 0 Å². The number of imidazole rings is 1. The molecule has 2 aromatic carbocycles. The fourth-order valence-corrected chi connectivity index (χ4v) is 2.73. The van der Waals surface area contributed by atoms with Crippen LogP contribution in [0.25, 0.3) is 16.7 Å². The van der Waals surface area contributed by atoms with Crippen LogP contribution in [0.5, 0.6) is 0 Å². The van der Waals surface area contributed by atoms with Gasteiger partial charge < -0.3 is 4.98 Å². The van der Waals surface area contributed by atoms with Crippen molar-refractivity contribution in [2.75, 3.05) is 0 Å². The highest BCUT2D eigenvalue weighted by Gasteiger charge is 2.15. The van der Waals surface area contributed by atoms with E-state index < -0.39 is 0 Å². The Morgan fingerprint density at radius 2 is 1.70 bits per heavy atom. The van der Waals surface area contributed by atoms with Gasteiger partial charge in [-0.1, -0.05) is 45.0 Å². The molecule has 0 spiro atoms. The van der Waals surface area contributed by atoms with Crippen molar-refractivity contribution in [2.45, 2.75) is 26.2 Å². The smallest absolute Gasteiger partial charge is 0.182 e. The van der Waals surface area contributed by atoms with Gasteiger partial charge in [0.05, 0.1) is 11.0 Å². The summed E-state index contributed by atoms with van der Waals surface area (Å²) in [6.45, 7) is 6.66. The van der Waals surface area contributed by atoms with Gasteiger partial charge in [0.2, 0.25) is 0 Å². The van der Waals surface area contributed by atoms with Crippen molar-refractivity contribution in [1.29, 1.82) is 0 Å². The predicted octanol–water partition coefficient (Wildman–Crippen LogP) is 4.99. The maximum Gasteiger partial charge on any atom is 0.182 e. The summed E-state index contributed by atoms with van der Waals surface area (Å²) in [6.07, 6.45) is 0. The van der Waals surface area contributed by atoms with Crippen molar-refractivity contribution in [3.63, 3.8) is 0 Å². The van der Waals surface area contributed by atoms with Gasteiger partial charge in [-0.15, -0.1) is 0 Å². The molecule has 3 aromatic rings. The Morgan fingerprint density at radius 1 is 1.00 bits per heavy atom. The first-order chi connectivity index (χ1) is 9.47. The maximum absolute atomic E-state index is 5.48. The van der Waals surface area contributed by atoms with E-state index >= 15 is 0 Å². The second kappa shape index (κ2) is 4.60. The average Bonchev–Trinajstić information content (AvgIpc) is 2.73. The molecule has 0 unspecified atom stereocenters. The Kier molecular flexibility index (Phi) is 3.02. The molecule has 1 heterocycles. The molecule has 3 rings (SSSR count). The standard InChI is InChI=1S/C17H18N2S/c1-17(2,3)12-9-10-15-14(11-12)18-16(20)19(15)13-7-5-4-6-8-13/h4-11H,1-3H3,(H,18,20). The summed E-state index contributed by atoms with van der Waals surface area (Å²) in [5, 5.41) is 0. The Labute approximate surface area is 124 Å². The summed E-state index contributed by atoms with van der Waals surface area (Å²) in [4.78, 5) is 3.32. The van der Waals surface area contributed by atoms with Crippen LogP contribution >= 0.6 is 12.2 Å². The van der Waals surface area contributed by atoms with E-state index in [0.29, 0.717) is 0 Å². The van der Waals surface area contributed by atoms with Crippen LogP contribution in [0.2, 0.25) is 0 Å². The molecule has 0 saturated heterocycles. The molecule has 0 fully saturated rings. The zero-order valence-electron chi connectivity index (χ0n) is 12.0. The Morgan fingerprint density at radius 3 is 2.35 bits per heavy atom. The molecule has 0 aliphatic rings. The molecule has 20 heavy (non-hydrogen) atoms. The van der Waals surface area contributed by atoms with E-state index in [0.717, 1.165) is 21.5 Å². The largest absolute Gasteiger partial charge is 0.330 e. The molecule has 0 saturated carbocycles. The minimum absolute atomic E-state index is 0.137. The Hall–Kier alpha value is -1.87. The van der Waals surface area contributed by atoms with E-state index in [9.17, 15) is 0 Å². The highest BCUT2D eigenvalue weighted by Crippen LogP contribution is 2.27. The number of nitrogens with zero attached hydrogens (tertiary/aromatic N) is 1. The van der Waals surface area contributed by atoms with Crippen LogP contribution in [-0.4, -0.2) is 9.55 Å². The summed E-state index contributed by atoms with van der Waals surface area (Å²) in [6, 6.07) is 16.7. The van der Waals surface area contributed by atoms with E-state index in [1.807, 2.05) is 18.2 Å². The van der Waals surface area contributed by atoms with Gasteiger partial charge in [0.1, 0.15) is 0 Å². The third kappa shape index (κ3) is 2.18. The van der Waals surface area contributed by atoms with Crippen LogP contribution in [0.3, 0.4) is 0 Å². The molecule has 0 radical (unpaired) electrons. The third-order valence-electron chi connectivity index (χ3n) is 3.56. The molecule has 0 bridgehead atoms. The van der Waals surface area contributed by atoms with Gasteiger partial charge in [0.15, 0.2) is 4.77 Å². The molecule has 102 valence electrons. The second-order valence-corrected chi connectivity index (χ2v) is 6.47. The first kappa shape index (κ1) is 13.1. The molecule has 1 N–H and O–H groups in total. The fraction of sp³-hybridized carbons (Fsp3) is 0.235. The van der Waals surface area contributed by atoms with Gasteiger partial charge in [0, 0.05) is 5.69 Å². The molecule has 2 nitrogen and oxygen atoms in total. The first-order valence-electron chi connectivity index (χ1n) is 6.77. The fourth-order valence-electron chi connectivity index (χ4n) is 2.41. The zero-order valence-corrected chi connectivity index (χ0v) is 12.8. The van der Waals surface area contributed by atoms with Gasteiger partial charge in [-0.05, 0) is 47.5 Å². The summed E-state index contributed by atoms with van der Waals surface area (Å²) in [7, 11) is 0. The van der Waals surface area contributed by atoms with E-state index in [1.54, 1.807) is 0 Å². The lowest BCUT2D eigenvalue weighted by Crippen LogP contribution is -2.10. The molecule has 0 aliphatic heterocycles. The maximum atomic E-state index is 5.48. The SMILES string of the molecule is CC(C)(C)c1ccc2c(c1)[nH]c(=S)n2-c1ccccc1. The lowest BCUT2D eigenvalue weighted by Gasteiger charge is -2.18. The second-order valence-electron chi connectivity index (χ2n) is 6.08. The van der Waals surface area contributed by atoms with Crippen LogP contribution in [0, 0.1) is 4.77 Å². The highest BCUT2D eigenvalue weighted by molar-refractivity contribution is 7.71. The predicted molar refractivity (Wildman–Crippen MR) is 87.2 cm³/mol. The summed E-state index contributed by atoms with van der Waals surface area (Å²) in [5.74, 6) is 0. The van der Waals surface area contributed by atoms with Crippen LogP contribution in [0.1, 0.15) is 26.3 Å². The monoisotopic (exact) mass is 282 g/mol. The topological polar surface area (TPSA) is 20.7 Å². The van der Waals surface area contributed by atoms with Gasteiger partial charge in [-0.25, -0.2) is 0 Å². The molecule has 3 heteroatoms. The molecule has 1 aromatic heterocycles. The van der Waals surface area contributed by atoms with Gasteiger partial charge >= 0.3 is 0 Å². The lowest BCUT2D eigenvalue weighted by molar-refractivity contribution is 0.591. The summed E-state index contributed by atoms with van der Waals surface area (Å²) in [5.41, 5.74) is 4.74. The van der Waals surface area contributed by atoms with E-state index in [1.165, 1.54) is 5.56 Å². The minimum Gasteiger partial charge on any atom is -0.330 e. The van der Waals surface area contributed by atoms with E-state index in [4.69, 9.17) is 12.2 Å². The van der Waals surface area contributed by atoms with Gasteiger partial charge in [-0.3, -0.25) is 4.57 Å². The van der Waals surface area contributed by atoms with Crippen LogP contribution in [-0.2, 0) is 5.41 Å². The van der Waals surface area contributed by atoms with Crippen LogP contribution in [0.4, 0.5) is 0 Å². The lowest BCUT2D eigenvalue weighted by atomic mass is 9.87. The van der Waals surface area contributed by atoms with E-state index in [-0.39, 0.29) is 5.41 Å². The first-order valence-corrected chi connectivity index (χ1v) is 7.18. The molecule has 0 atom stereocenters. The summed E-state index contributed by atoms with van der Waals surface area (Å²) >= 11 is 5.48. The van der Waals surface area contributed by atoms with Crippen molar-refractivity contribution in [3.8, 4) is 5.69 Å². The number of hydrogen-bond acceptors (Lipinski definition) is 1. The molecular formula is C17H18N2S. The summed E-state index contributed by atoms with van der Waals surface area (Å²) < 4.78 is 2.81. The number of benzene rings is 2.